The van der Waals surface area contributed by atoms with Gasteiger partial charge in [0, 0.05) is 12.4 Å². The molecule has 0 aliphatic carbocycles. The number of hydrogen-bond donors (Lipinski definition) is 0. The Labute approximate surface area is 172 Å². The molecule has 1 unspecified atom stereocenters. The van der Waals surface area contributed by atoms with Gasteiger partial charge < -0.3 is 9.30 Å². The first-order valence-electron chi connectivity index (χ1n) is 9.45. The summed E-state index contributed by atoms with van der Waals surface area (Å²) in [6.45, 7) is 3.79. The molecule has 6 nitrogen and oxygen atoms in total. The Kier molecular flexibility index (Phi) is 4.95. The van der Waals surface area contributed by atoms with Crippen LogP contribution in [-0.2, 0) is 4.74 Å². The molecule has 7 heteroatoms. The van der Waals surface area contributed by atoms with Crippen molar-refractivity contribution in [1.29, 1.82) is 0 Å². The van der Waals surface area contributed by atoms with Crippen LogP contribution in [0.15, 0.2) is 65.7 Å². The first-order chi connectivity index (χ1) is 14.4. The molecule has 0 radical (unpaired) electrons. The minimum absolute atomic E-state index is 0.188. The summed E-state index contributed by atoms with van der Waals surface area (Å²) in [7, 11) is 1.28. The predicted octanol–water partition coefficient (Wildman–Crippen LogP) is 3.98. The minimum Gasteiger partial charge on any atom is -0.465 e. The number of carbonyl (C=O) groups is 1. The number of aromatic nitrogens is 3. The molecule has 0 spiro atoms. The first-order valence-corrected chi connectivity index (χ1v) is 9.45. The number of carbonyl (C=O) groups excluding carboxylic acids is 1. The van der Waals surface area contributed by atoms with Gasteiger partial charge in [-0.2, -0.15) is 9.78 Å². The average molecular weight is 405 g/mol. The van der Waals surface area contributed by atoms with E-state index in [1.807, 2.05) is 32.0 Å². The maximum atomic E-state index is 13.3. The number of aryl methyl sites for hydroxylation is 1. The van der Waals surface area contributed by atoms with Crippen molar-refractivity contribution in [2.45, 2.75) is 19.9 Å². The number of rotatable bonds is 4. The zero-order chi connectivity index (χ0) is 21.4. The summed E-state index contributed by atoms with van der Waals surface area (Å²) in [4.78, 5) is 25.7. The molecule has 0 saturated heterocycles. The summed E-state index contributed by atoms with van der Waals surface area (Å²) in [5, 5.41) is 4.44. The fraction of sp³-hybridized carbons (Fsp3) is 0.174. The predicted molar refractivity (Wildman–Crippen MR) is 111 cm³/mol. The van der Waals surface area contributed by atoms with Crippen LogP contribution in [0.1, 0.15) is 34.5 Å². The van der Waals surface area contributed by atoms with E-state index >= 15 is 0 Å². The van der Waals surface area contributed by atoms with Crippen molar-refractivity contribution in [2.24, 2.45) is 0 Å². The van der Waals surface area contributed by atoms with Gasteiger partial charge in [-0.05, 0) is 43.2 Å². The van der Waals surface area contributed by atoms with E-state index in [9.17, 15) is 14.0 Å². The highest BCUT2D eigenvalue weighted by Crippen LogP contribution is 2.27. The summed E-state index contributed by atoms with van der Waals surface area (Å²) < 4.78 is 21.3. The Morgan fingerprint density at radius 2 is 1.80 bits per heavy atom. The molecule has 0 bridgehead atoms. The fourth-order valence-electron chi connectivity index (χ4n) is 3.49. The number of ether oxygens (including phenoxy) is 1. The van der Waals surface area contributed by atoms with Crippen LogP contribution < -0.4 is 5.56 Å². The van der Waals surface area contributed by atoms with Gasteiger partial charge in [-0.1, -0.05) is 30.3 Å². The zero-order valence-electron chi connectivity index (χ0n) is 16.8. The second-order valence-corrected chi connectivity index (χ2v) is 7.10. The Morgan fingerprint density at radius 3 is 2.47 bits per heavy atom. The monoisotopic (exact) mass is 405 g/mol. The molecule has 2 aliphatic rings. The molecule has 152 valence electrons. The third kappa shape index (κ3) is 3.28. The van der Waals surface area contributed by atoms with E-state index in [0.717, 1.165) is 11.1 Å². The lowest BCUT2D eigenvalue weighted by atomic mass is 10.1. The van der Waals surface area contributed by atoms with Crippen molar-refractivity contribution in [3.63, 3.8) is 0 Å². The normalized spacial score (nSPS) is 12.1. The topological polar surface area (TPSA) is 66.1 Å². The van der Waals surface area contributed by atoms with Gasteiger partial charge >= 0.3 is 5.97 Å². The van der Waals surface area contributed by atoms with Crippen molar-refractivity contribution >= 4 is 5.97 Å². The maximum absolute atomic E-state index is 13.3. The Hall–Kier alpha value is -3.74. The van der Waals surface area contributed by atoms with E-state index in [1.54, 1.807) is 35.2 Å². The molecule has 0 amide bonds. The smallest absolute Gasteiger partial charge is 0.341 e. The van der Waals surface area contributed by atoms with Crippen LogP contribution in [0.25, 0.3) is 16.9 Å². The van der Waals surface area contributed by atoms with E-state index in [4.69, 9.17) is 4.74 Å². The standard InChI is InChI=1S/C23H20FN3O3/c1-14-6-4-5-7-20(14)27-22(28)18-12-26(13-19(21(18)25-27)23(29)30-3)15(2)16-8-10-17(24)11-9-16/h4-13,15H,1-3H3. The number of pyridine rings is 1. The number of para-hydroxylation sites is 1. The molecule has 4 rings (SSSR count). The zero-order valence-corrected chi connectivity index (χ0v) is 16.8. The summed E-state index contributed by atoms with van der Waals surface area (Å²) in [5.41, 5.74) is 2.80. The van der Waals surface area contributed by atoms with Crippen LogP contribution in [0, 0.1) is 12.7 Å². The SMILES string of the molecule is COC(=O)c1cn(C(C)c2ccc(F)cc2)cc2c(=O)n(-c3ccccc3C)nc1-2. The van der Waals surface area contributed by atoms with Crippen molar-refractivity contribution < 1.29 is 13.9 Å². The highest BCUT2D eigenvalue weighted by Gasteiger charge is 2.26. The average Bonchev–Trinajstić information content (AvgIpc) is 3.09. The number of fused-ring (bicyclic) bond motifs is 1. The lowest BCUT2D eigenvalue weighted by Crippen LogP contribution is -2.17. The van der Waals surface area contributed by atoms with Crippen molar-refractivity contribution in [2.75, 3.05) is 7.11 Å². The van der Waals surface area contributed by atoms with Crippen molar-refractivity contribution in [1.82, 2.24) is 14.3 Å². The Morgan fingerprint density at radius 1 is 1.10 bits per heavy atom. The van der Waals surface area contributed by atoms with Crippen LogP contribution in [0.2, 0.25) is 0 Å². The summed E-state index contributed by atoms with van der Waals surface area (Å²) in [5.74, 6) is -0.918. The van der Waals surface area contributed by atoms with Crippen LogP contribution in [0.5, 0.6) is 0 Å². The summed E-state index contributed by atoms with van der Waals surface area (Å²) in [6, 6.07) is 13.2. The number of esters is 1. The molecular weight excluding hydrogens is 385 g/mol. The molecule has 2 heterocycles. The van der Waals surface area contributed by atoms with Gasteiger partial charge in [0.05, 0.1) is 24.4 Å². The van der Waals surface area contributed by atoms with Gasteiger partial charge in [0.25, 0.3) is 5.56 Å². The third-order valence-electron chi connectivity index (χ3n) is 5.24. The quantitative estimate of drug-likeness (QED) is 0.482. The Bertz CT molecular complexity index is 1260. The Balaban J connectivity index is 1.94. The molecule has 0 N–H and O–H groups in total. The molecule has 2 aromatic carbocycles. The van der Waals surface area contributed by atoms with Gasteiger partial charge in [-0.3, -0.25) is 4.79 Å². The number of halogens is 1. The van der Waals surface area contributed by atoms with Crippen molar-refractivity contribution in [3.05, 3.63) is 93.8 Å². The highest BCUT2D eigenvalue weighted by molar-refractivity contribution is 5.96. The molecule has 0 saturated carbocycles. The lowest BCUT2D eigenvalue weighted by molar-refractivity contribution is 0.0600. The summed E-state index contributed by atoms with van der Waals surface area (Å²) in [6.07, 6.45) is 3.27. The maximum Gasteiger partial charge on any atom is 0.341 e. The van der Waals surface area contributed by atoms with Crippen LogP contribution >= 0.6 is 0 Å². The largest absolute Gasteiger partial charge is 0.465 e. The summed E-state index contributed by atoms with van der Waals surface area (Å²) >= 11 is 0. The van der Waals surface area contributed by atoms with Gasteiger partial charge in [0.15, 0.2) is 0 Å². The second-order valence-electron chi connectivity index (χ2n) is 7.10. The van der Waals surface area contributed by atoms with E-state index in [2.05, 4.69) is 5.10 Å². The number of hydrogen-bond acceptors (Lipinski definition) is 4. The first kappa shape index (κ1) is 19.6. The van der Waals surface area contributed by atoms with Gasteiger partial charge in [0.1, 0.15) is 17.1 Å². The highest BCUT2D eigenvalue weighted by atomic mass is 19.1. The van der Waals surface area contributed by atoms with Crippen molar-refractivity contribution in [3.8, 4) is 16.9 Å². The van der Waals surface area contributed by atoms with E-state index in [1.165, 1.54) is 23.9 Å². The molecule has 30 heavy (non-hydrogen) atoms. The van der Waals surface area contributed by atoms with Crippen LogP contribution in [-0.4, -0.2) is 27.4 Å². The molecule has 0 fully saturated rings. The van der Waals surface area contributed by atoms with Gasteiger partial charge in [-0.15, -0.1) is 0 Å². The molecule has 1 atom stereocenters. The van der Waals surface area contributed by atoms with Crippen LogP contribution in [0.4, 0.5) is 4.39 Å². The van der Waals surface area contributed by atoms with Gasteiger partial charge in [-0.25, -0.2) is 9.18 Å². The number of benzene rings is 2. The minimum atomic E-state index is -0.588. The van der Waals surface area contributed by atoms with E-state index in [0.29, 0.717) is 11.3 Å². The number of nitrogens with zero attached hydrogens (tertiary/aromatic N) is 3. The second kappa shape index (κ2) is 7.59. The van der Waals surface area contributed by atoms with E-state index in [-0.39, 0.29) is 28.7 Å². The van der Waals surface area contributed by atoms with E-state index < -0.39 is 5.97 Å². The molecular formula is C23H20FN3O3. The molecule has 2 aromatic rings. The lowest BCUT2D eigenvalue weighted by Gasteiger charge is -2.19. The van der Waals surface area contributed by atoms with Crippen LogP contribution in [0.3, 0.4) is 0 Å². The molecule has 2 aliphatic heterocycles. The number of methoxy groups -OCH3 is 1. The molecule has 0 aromatic heterocycles. The van der Waals surface area contributed by atoms with Gasteiger partial charge in [0.2, 0.25) is 0 Å². The fourth-order valence-corrected chi connectivity index (χ4v) is 3.49. The third-order valence-corrected chi connectivity index (χ3v) is 5.24.